The largest absolute Gasteiger partial charge is 0.326 e. The Kier molecular flexibility index (Phi) is 4.42. The van der Waals surface area contributed by atoms with E-state index in [9.17, 15) is 4.79 Å². The molecule has 4 heteroatoms. The average Bonchev–Trinajstić information content (AvgIpc) is 2.47. The van der Waals surface area contributed by atoms with Crippen LogP contribution in [0.2, 0.25) is 0 Å². The molecule has 0 aliphatic heterocycles. The second-order valence-corrected chi connectivity index (χ2v) is 3.95. The predicted molar refractivity (Wildman–Crippen MR) is 76.2 cm³/mol. The molecule has 1 amide bonds. The smallest absolute Gasteiger partial charge is 0.249 e. The van der Waals surface area contributed by atoms with Crippen LogP contribution in [0.3, 0.4) is 0 Å². The molecule has 0 spiro atoms. The van der Waals surface area contributed by atoms with Crippen LogP contribution in [0.4, 0.5) is 5.82 Å². The lowest BCUT2D eigenvalue weighted by atomic mass is 10.2. The van der Waals surface area contributed by atoms with Gasteiger partial charge in [0.25, 0.3) is 0 Å². The fourth-order valence-electron chi connectivity index (χ4n) is 1.61. The summed E-state index contributed by atoms with van der Waals surface area (Å²) in [6.07, 6.45) is 4.85. The number of nitrogens with one attached hydrogen (secondary N) is 1. The van der Waals surface area contributed by atoms with Gasteiger partial charge < -0.3 is 11.1 Å². The topological polar surface area (TPSA) is 68.0 Å². The summed E-state index contributed by atoms with van der Waals surface area (Å²) in [5, 5.41) is 2.71. The number of rotatable bonds is 4. The molecule has 0 aliphatic carbocycles. The zero-order valence-corrected chi connectivity index (χ0v) is 10.4. The Hall–Kier alpha value is -2.46. The molecule has 0 aliphatic rings. The number of carbonyl (C=O) groups is 1. The van der Waals surface area contributed by atoms with Gasteiger partial charge in [-0.25, -0.2) is 4.98 Å². The first kappa shape index (κ1) is 13.0. The van der Waals surface area contributed by atoms with Crippen LogP contribution in [0.1, 0.15) is 11.1 Å². The summed E-state index contributed by atoms with van der Waals surface area (Å²) >= 11 is 0. The highest BCUT2D eigenvalue weighted by molar-refractivity contribution is 6.01. The molecule has 0 atom stereocenters. The number of nitrogens with zero attached hydrogens (tertiary/aromatic N) is 1. The van der Waals surface area contributed by atoms with Crippen LogP contribution in [-0.2, 0) is 11.3 Å². The number of hydrogen-bond acceptors (Lipinski definition) is 3. The molecule has 2 aromatic rings. The van der Waals surface area contributed by atoms with Crippen LogP contribution in [0.15, 0.2) is 54.7 Å². The van der Waals surface area contributed by atoms with Gasteiger partial charge in [-0.1, -0.05) is 36.4 Å². The molecular formula is C15H15N3O. The standard InChI is InChI=1S/C15H15N3O/c16-11-13-7-4-10-17-15(13)18-14(19)9-8-12-5-2-1-3-6-12/h1-10H,11,16H2,(H,17,18,19)/b9-8+. The number of carbonyl (C=O) groups excluding carboxylic acids is 1. The van der Waals surface area contributed by atoms with Crippen molar-refractivity contribution >= 4 is 17.8 Å². The number of pyridine rings is 1. The molecule has 0 saturated carbocycles. The number of hydrogen-bond donors (Lipinski definition) is 2. The lowest BCUT2D eigenvalue weighted by Gasteiger charge is -2.05. The van der Waals surface area contributed by atoms with Crippen molar-refractivity contribution in [3.05, 3.63) is 65.9 Å². The number of anilines is 1. The highest BCUT2D eigenvalue weighted by atomic mass is 16.1. The molecule has 0 saturated heterocycles. The van der Waals surface area contributed by atoms with Crippen molar-refractivity contribution in [2.24, 2.45) is 5.73 Å². The fourth-order valence-corrected chi connectivity index (χ4v) is 1.61. The van der Waals surface area contributed by atoms with E-state index in [-0.39, 0.29) is 5.91 Å². The first-order valence-corrected chi connectivity index (χ1v) is 5.97. The van der Waals surface area contributed by atoms with E-state index >= 15 is 0 Å². The van der Waals surface area contributed by atoms with Gasteiger partial charge in [-0.3, -0.25) is 4.79 Å². The van der Waals surface area contributed by atoms with Crippen molar-refractivity contribution < 1.29 is 4.79 Å². The Morgan fingerprint density at radius 3 is 2.74 bits per heavy atom. The minimum Gasteiger partial charge on any atom is -0.326 e. The summed E-state index contributed by atoms with van der Waals surface area (Å²) in [5.74, 6) is 0.282. The Balaban J connectivity index is 2.04. The second-order valence-electron chi connectivity index (χ2n) is 3.95. The van der Waals surface area contributed by atoms with Gasteiger partial charge >= 0.3 is 0 Å². The van der Waals surface area contributed by atoms with Gasteiger partial charge in [-0.05, 0) is 17.7 Å². The van der Waals surface area contributed by atoms with Crippen molar-refractivity contribution in [1.29, 1.82) is 0 Å². The Labute approximate surface area is 112 Å². The lowest BCUT2D eigenvalue weighted by Crippen LogP contribution is -2.12. The summed E-state index contributed by atoms with van der Waals surface area (Å²) in [5.41, 5.74) is 7.36. The summed E-state index contributed by atoms with van der Waals surface area (Å²) in [6.45, 7) is 0.339. The number of aromatic nitrogens is 1. The SMILES string of the molecule is NCc1cccnc1NC(=O)/C=C/c1ccccc1. The molecule has 1 heterocycles. The molecule has 0 fully saturated rings. The van der Waals surface area contributed by atoms with Crippen LogP contribution in [0.25, 0.3) is 6.08 Å². The molecule has 0 unspecified atom stereocenters. The third-order valence-electron chi connectivity index (χ3n) is 2.58. The van der Waals surface area contributed by atoms with Crippen LogP contribution >= 0.6 is 0 Å². The maximum absolute atomic E-state index is 11.8. The Bertz CT molecular complexity index is 579. The number of amides is 1. The van der Waals surface area contributed by atoms with Gasteiger partial charge in [0.1, 0.15) is 5.82 Å². The van der Waals surface area contributed by atoms with E-state index in [1.54, 1.807) is 18.3 Å². The summed E-state index contributed by atoms with van der Waals surface area (Å²) < 4.78 is 0. The van der Waals surface area contributed by atoms with Crippen LogP contribution in [-0.4, -0.2) is 10.9 Å². The van der Waals surface area contributed by atoms with E-state index in [1.807, 2.05) is 36.4 Å². The van der Waals surface area contributed by atoms with Gasteiger partial charge in [0.05, 0.1) is 0 Å². The minimum absolute atomic E-state index is 0.225. The molecule has 96 valence electrons. The molecule has 4 nitrogen and oxygen atoms in total. The Morgan fingerprint density at radius 2 is 2.00 bits per heavy atom. The first-order valence-electron chi connectivity index (χ1n) is 5.97. The van der Waals surface area contributed by atoms with Gasteiger partial charge in [0.2, 0.25) is 5.91 Å². The molecule has 0 bridgehead atoms. The maximum atomic E-state index is 11.8. The normalized spacial score (nSPS) is 10.6. The van der Waals surface area contributed by atoms with Crippen molar-refractivity contribution in [2.45, 2.75) is 6.54 Å². The average molecular weight is 253 g/mol. The predicted octanol–water partition coefficient (Wildman–Crippen LogP) is 2.19. The molecule has 0 radical (unpaired) electrons. The summed E-state index contributed by atoms with van der Waals surface area (Å²) in [6, 6.07) is 13.2. The number of benzene rings is 1. The minimum atomic E-state index is -0.225. The zero-order valence-electron chi connectivity index (χ0n) is 10.4. The van der Waals surface area contributed by atoms with Gasteiger partial charge in [-0.2, -0.15) is 0 Å². The second kappa shape index (κ2) is 6.47. The molecule has 3 N–H and O–H groups in total. The van der Waals surface area contributed by atoms with Gasteiger partial charge in [0, 0.05) is 24.4 Å². The highest BCUT2D eigenvalue weighted by Gasteiger charge is 2.03. The fraction of sp³-hybridized carbons (Fsp3) is 0.0667. The van der Waals surface area contributed by atoms with E-state index in [4.69, 9.17) is 5.73 Å². The lowest BCUT2D eigenvalue weighted by molar-refractivity contribution is -0.111. The van der Waals surface area contributed by atoms with E-state index in [0.29, 0.717) is 12.4 Å². The van der Waals surface area contributed by atoms with E-state index < -0.39 is 0 Å². The highest BCUT2D eigenvalue weighted by Crippen LogP contribution is 2.10. The van der Waals surface area contributed by atoms with Crippen LogP contribution in [0.5, 0.6) is 0 Å². The van der Waals surface area contributed by atoms with E-state index in [2.05, 4.69) is 10.3 Å². The first-order chi connectivity index (χ1) is 9.29. The number of nitrogens with two attached hydrogens (primary N) is 1. The van der Waals surface area contributed by atoms with Crippen LogP contribution in [0, 0.1) is 0 Å². The van der Waals surface area contributed by atoms with E-state index in [1.165, 1.54) is 6.08 Å². The maximum Gasteiger partial charge on any atom is 0.249 e. The monoisotopic (exact) mass is 253 g/mol. The summed E-state index contributed by atoms with van der Waals surface area (Å²) in [4.78, 5) is 15.9. The van der Waals surface area contributed by atoms with Crippen LogP contribution < -0.4 is 11.1 Å². The van der Waals surface area contributed by atoms with Crippen molar-refractivity contribution in [2.75, 3.05) is 5.32 Å². The summed E-state index contributed by atoms with van der Waals surface area (Å²) in [7, 11) is 0. The van der Waals surface area contributed by atoms with Crippen molar-refractivity contribution in [3.63, 3.8) is 0 Å². The molecule has 2 rings (SSSR count). The van der Waals surface area contributed by atoms with Gasteiger partial charge in [-0.15, -0.1) is 0 Å². The molecule has 1 aromatic heterocycles. The molecule has 1 aromatic carbocycles. The quantitative estimate of drug-likeness (QED) is 0.821. The van der Waals surface area contributed by atoms with Crippen molar-refractivity contribution in [3.8, 4) is 0 Å². The molecular weight excluding hydrogens is 238 g/mol. The van der Waals surface area contributed by atoms with E-state index in [0.717, 1.165) is 11.1 Å². The van der Waals surface area contributed by atoms with Crippen molar-refractivity contribution in [1.82, 2.24) is 4.98 Å². The third kappa shape index (κ3) is 3.76. The Morgan fingerprint density at radius 1 is 1.21 bits per heavy atom. The van der Waals surface area contributed by atoms with Gasteiger partial charge in [0.15, 0.2) is 0 Å². The third-order valence-corrected chi connectivity index (χ3v) is 2.58. The zero-order chi connectivity index (χ0) is 13.5. The molecule has 19 heavy (non-hydrogen) atoms.